The molecule has 1 heterocycles. The Morgan fingerprint density at radius 1 is 0.694 bits per heavy atom. The van der Waals surface area contributed by atoms with E-state index in [0.717, 1.165) is 50.9 Å². The second-order valence-corrected chi connectivity index (χ2v) is 11.1. The van der Waals surface area contributed by atoms with Gasteiger partial charge in [0, 0.05) is 25.1 Å². The molecule has 1 aliphatic heterocycles. The van der Waals surface area contributed by atoms with Gasteiger partial charge >= 0.3 is 0 Å². The summed E-state index contributed by atoms with van der Waals surface area (Å²) in [6, 6.07) is 29.9. The predicted molar refractivity (Wildman–Crippen MR) is 153 cm³/mol. The molecule has 0 saturated carbocycles. The average Bonchev–Trinajstić information content (AvgIpc) is 2.90. The molecule has 36 heavy (non-hydrogen) atoms. The average molecular weight is 480 g/mol. The van der Waals surface area contributed by atoms with Gasteiger partial charge in [-0.25, -0.2) is 0 Å². The van der Waals surface area contributed by atoms with E-state index in [4.69, 9.17) is 0 Å². The third-order valence-corrected chi connectivity index (χ3v) is 7.39. The highest BCUT2D eigenvalue weighted by atomic mass is 16.1. The minimum atomic E-state index is 0.122. The molecule has 0 aromatic heterocycles. The van der Waals surface area contributed by atoms with Crippen LogP contribution in [0.1, 0.15) is 86.3 Å². The first kappa shape index (κ1) is 26.1. The highest BCUT2D eigenvalue weighted by molar-refractivity contribution is 5.96. The fourth-order valence-electron chi connectivity index (χ4n) is 5.18. The smallest absolute Gasteiger partial charge is 0.162 e. The van der Waals surface area contributed by atoms with Crippen LogP contribution < -0.4 is 0 Å². The van der Waals surface area contributed by atoms with Crippen LogP contribution in [0.5, 0.6) is 0 Å². The number of nitrogens with zero attached hydrogens (tertiary/aromatic N) is 1. The van der Waals surface area contributed by atoms with Gasteiger partial charge in [0.2, 0.25) is 0 Å². The zero-order chi connectivity index (χ0) is 25.4. The molecule has 3 aromatic rings. The Kier molecular flexibility index (Phi) is 8.93. The van der Waals surface area contributed by atoms with Crippen molar-refractivity contribution in [3.05, 3.63) is 113 Å². The molecule has 1 fully saturated rings. The van der Waals surface area contributed by atoms with Gasteiger partial charge in [0.1, 0.15) is 0 Å². The fraction of sp³-hybridized carbons (Fsp3) is 0.382. The molecule has 4 rings (SSSR count). The summed E-state index contributed by atoms with van der Waals surface area (Å²) in [5.74, 6) is 0.276. The summed E-state index contributed by atoms with van der Waals surface area (Å²) in [7, 11) is 0. The molecule has 188 valence electrons. The van der Waals surface area contributed by atoms with Crippen LogP contribution in [0.4, 0.5) is 0 Å². The normalized spacial score (nSPS) is 14.6. The van der Waals surface area contributed by atoms with Gasteiger partial charge in [0.25, 0.3) is 0 Å². The van der Waals surface area contributed by atoms with Crippen molar-refractivity contribution in [1.82, 2.24) is 4.90 Å². The van der Waals surface area contributed by atoms with Gasteiger partial charge in [-0.1, -0.05) is 118 Å². The monoisotopic (exact) mass is 479 g/mol. The molecule has 0 unspecified atom stereocenters. The van der Waals surface area contributed by atoms with Crippen LogP contribution >= 0.6 is 0 Å². The number of carbonyl (C=O) groups excluding carboxylic acids is 1. The van der Waals surface area contributed by atoms with Crippen LogP contribution in [0.3, 0.4) is 0 Å². The number of piperidine rings is 1. The van der Waals surface area contributed by atoms with Gasteiger partial charge in [-0.3, -0.25) is 4.79 Å². The Hall–Kier alpha value is -2.97. The van der Waals surface area contributed by atoms with Crippen molar-refractivity contribution in [2.75, 3.05) is 19.6 Å². The third kappa shape index (κ3) is 7.04. The minimum absolute atomic E-state index is 0.122. The van der Waals surface area contributed by atoms with E-state index in [1.807, 2.05) is 12.1 Å². The van der Waals surface area contributed by atoms with Crippen LogP contribution in [0.2, 0.25) is 0 Å². The zero-order valence-electron chi connectivity index (χ0n) is 22.3. The molecular weight excluding hydrogens is 438 g/mol. The van der Waals surface area contributed by atoms with Crippen molar-refractivity contribution in [3.63, 3.8) is 0 Å². The lowest BCUT2D eigenvalue weighted by molar-refractivity contribution is 0.0978. The number of rotatable bonds is 9. The minimum Gasteiger partial charge on any atom is -0.303 e. The SMILES string of the molecule is CC(C)(C)c1ccc(C(=O)CCCCCN2CCC(=C(c3ccccc3)c3ccccc3)CC2)cc1. The number of benzene rings is 3. The molecule has 2 heteroatoms. The van der Waals surface area contributed by atoms with Crippen LogP contribution in [0.25, 0.3) is 5.57 Å². The standard InChI is InChI=1S/C34H41NO/c1-34(2,3)31-20-18-27(19-21-31)32(36)17-11-6-12-24-35-25-22-30(23-26-35)33(28-13-7-4-8-14-28)29-15-9-5-10-16-29/h4-5,7-10,13-16,18-21H,6,11-12,17,22-26H2,1-3H3. The fourth-order valence-corrected chi connectivity index (χ4v) is 5.18. The molecule has 2 nitrogen and oxygen atoms in total. The van der Waals surface area contributed by atoms with Gasteiger partial charge in [0.05, 0.1) is 0 Å². The van der Waals surface area contributed by atoms with Crippen molar-refractivity contribution in [2.24, 2.45) is 0 Å². The number of Topliss-reactive ketones (excluding diaryl/α,β-unsaturated/α-hetero) is 1. The van der Waals surface area contributed by atoms with E-state index < -0.39 is 0 Å². The molecule has 3 aromatic carbocycles. The van der Waals surface area contributed by atoms with E-state index in [2.05, 4.69) is 98.5 Å². The summed E-state index contributed by atoms with van der Waals surface area (Å²) in [5, 5.41) is 0. The predicted octanol–water partition coefficient (Wildman–Crippen LogP) is 8.33. The summed E-state index contributed by atoms with van der Waals surface area (Å²) in [5.41, 5.74) is 7.90. The lowest BCUT2D eigenvalue weighted by atomic mass is 9.86. The van der Waals surface area contributed by atoms with E-state index in [-0.39, 0.29) is 11.2 Å². The zero-order valence-corrected chi connectivity index (χ0v) is 22.3. The summed E-state index contributed by atoms with van der Waals surface area (Å²) in [6.45, 7) is 9.99. The van der Waals surface area contributed by atoms with E-state index >= 15 is 0 Å². The first-order chi connectivity index (χ1) is 17.4. The number of hydrogen-bond donors (Lipinski definition) is 0. The van der Waals surface area contributed by atoms with E-state index in [1.165, 1.54) is 28.7 Å². The Morgan fingerprint density at radius 2 is 1.25 bits per heavy atom. The van der Waals surface area contributed by atoms with Gasteiger partial charge in [-0.15, -0.1) is 0 Å². The summed E-state index contributed by atoms with van der Waals surface area (Å²) in [6.07, 6.45) is 6.17. The lowest BCUT2D eigenvalue weighted by Gasteiger charge is -2.30. The van der Waals surface area contributed by atoms with Crippen LogP contribution in [-0.2, 0) is 5.41 Å². The summed E-state index contributed by atoms with van der Waals surface area (Å²) < 4.78 is 0. The van der Waals surface area contributed by atoms with Crippen molar-refractivity contribution >= 4 is 11.4 Å². The second-order valence-electron chi connectivity index (χ2n) is 11.1. The molecule has 0 aliphatic carbocycles. The van der Waals surface area contributed by atoms with E-state index in [9.17, 15) is 4.79 Å². The van der Waals surface area contributed by atoms with Gasteiger partial charge < -0.3 is 4.90 Å². The van der Waals surface area contributed by atoms with Gasteiger partial charge in [-0.2, -0.15) is 0 Å². The molecule has 0 N–H and O–H groups in total. The number of likely N-dealkylation sites (tertiary alicyclic amines) is 1. The van der Waals surface area contributed by atoms with Crippen LogP contribution in [-0.4, -0.2) is 30.3 Å². The topological polar surface area (TPSA) is 20.3 Å². The molecule has 0 spiro atoms. The van der Waals surface area contributed by atoms with Gasteiger partial charge in [0.15, 0.2) is 5.78 Å². The molecule has 1 aliphatic rings. The summed E-state index contributed by atoms with van der Waals surface area (Å²) in [4.78, 5) is 15.2. The third-order valence-electron chi connectivity index (χ3n) is 7.39. The molecule has 1 saturated heterocycles. The number of hydrogen-bond acceptors (Lipinski definition) is 2. The maximum Gasteiger partial charge on any atom is 0.162 e. The molecule has 0 bridgehead atoms. The number of ketones is 1. The number of unbranched alkanes of at least 4 members (excludes halogenated alkanes) is 2. The Bertz CT molecular complexity index is 1090. The number of carbonyl (C=O) groups is 1. The van der Waals surface area contributed by atoms with Crippen molar-refractivity contribution in [2.45, 2.75) is 64.7 Å². The van der Waals surface area contributed by atoms with Crippen LogP contribution in [0, 0.1) is 0 Å². The molecule has 0 radical (unpaired) electrons. The van der Waals surface area contributed by atoms with E-state index in [1.54, 1.807) is 5.57 Å². The quantitative estimate of drug-likeness (QED) is 0.227. The van der Waals surface area contributed by atoms with Gasteiger partial charge in [-0.05, 0) is 59.9 Å². The molecule has 0 atom stereocenters. The maximum atomic E-state index is 12.6. The Labute approximate surface area is 218 Å². The Balaban J connectivity index is 1.23. The molecule has 0 amide bonds. The second kappa shape index (κ2) is 12.3. The highest BCUT2D eigenvalue weighted by Crippen LogP contribution is 2.32. The first-order valence-corrected chi connectivity index (χ1v) is 13.6. The maximum absolute atomic E-state index is 12.6. The largest absolute Gasteiger partial charge is 0.303 e. The Morgan fingerprint density at radius 3 is 1.78 bits per heavy atom. The lowest BCUT2D eigenvalue weighted by Crippen LogP contribution is -2.32. The highest BCUT2D eigenvalue weighted by Gasteiger charge is 2.19. The molecular formula is C34H41NO. The van der Waals surface area contributed by atoms with Crippen molar-refractivity contribution < 1.29 is 4.79 Å². The van der Waals surface area contributed by atoms with Crippen molar-refractivity contribution in [1.29, 1.82) is 0 Å². The van der Waals surface area contributed by atoms with Crippen molar-refractivity contribution in [3.8, 4) is 0 Å². The first-order valence-electron chi connectivity index (χ1n) is 13.6. The summed E-state index contributed by atoms with van der Waals surface area (Å²) >= 11 is 0. The van der Waals surface area contributed by atoms with Crippen LogP contribution in [0.15, 0.2) is 90.5 Å². The van der Waals surface area contributed by atoms with E-state index in [0.29, 0.717) is 6.42 Å².